The Labute approximate surface area is 118 Å². The normalized spacial score (nSPS) is 21.3. The summed E-state index contributed by atoms with van der Waals surface area (Å²) in [6.45, 7) is 0.813. The lowest BCUT2D eigenvalue weighted by molar-refractivity contribution is 0.00519. The number of ether oxygens (including phenoxy) is 1. The maximum Gasteiger partial charge on any atom is 0.145 e. The van der Waals surface area contributed by atoms with E-state index < -0.39 is 0 Å². The van der Waals surface area contributed by atoms with Gasteiger partial charge < -0.3 is 4.74 Å². The molecule has 1 aromatic carbocycles. The fraction of sp³-hybridized carbons (Fsp3) is 0.571. The minimum absolute atomic E-state index is 0.00364. The Morgan fingerprint density at radius 2 is 2.32 bits per heavy atom. The molecule has 1 heterocycles. The first-order chi connectivity index (χ1) is 9.20. The third-order valence-electron chi connectivity index (χ3n) is 3.55. The molecule has 2 unspecified atom stereocenters. The average molecular weight is 287 g/mol. The maximum absolute atomic E-state index is 13.8. The second kappa shape index (κ2) is 7.20. The van der Waals surface area contributed by atoms with E-state index in [0.717, 1.165) is 25.9 Å². The number of rotatable bonds is 5. The molecule has 2 rings (SSSR count). The van der Waals surface area contributed by atoms with Gasteiger partial charge in [-0.25, -0.2) is 4.39 Å². The number of benzene rings is 1. The zero-order valence-corrected chi connectivity index (χ0v) is 11.6. The Kier molecular flexibility index (Phi) is 5.58. The first kappa shape index (κ1) is 14.7. The van der Waals surface area contributed by atoms with Crippen molar-refractivity contribution >= 4 is 11.6 Å². The molecule has 1 saturated heterocycles. The van der Waals surface area contributed by atoms with E-state index in [1.165, 1.54) is 6.42 Å². The second-order valence-electron chi connectivity index (χ2n) is 5.00. The van der Waals surface area contributed by atoms with Crippen LogP contribution < -0.4 is 11.3 Å². The fourth-order valence-electron chi connectivity index (χ4n) is 2.49. The smallest absolute Gasteiger partial charge is 0.145 e. The van der Waals surface area contributed by atoms with E-state index >= 15 is 0 Å². The lowest BCUT2D eigenvalue weighted by Gasteiger charge is -2.26. The zero-order valence-electron chi connectivity index (χ0n) is 10.9. The highest BCUT2D eigenvalue weighted by atomic mass is 35.5. The summed E-state index contributed by atoms with van der Waals surface area (Å²) in [7, 11) is 0. The van der Waals surface area contributed by atoms with Crippen molar-refractivity contribution < 1.29 is 9.13 Å². The monoisotopic (exact) mass is 286 g/mol. The highest BCUT2D eigenvalue weighted by Gasteiger charge is 2.20. The van der Waals surface area contributed by atoms with Crippen LogP contribution in [0.15, 0.2) is 18.2 Å². The minimum Gasteiger partial charge on any atom is -0.378 e. The molecular formula is C14H20ClFN2O. The molecule has 0 amide bonds. The lowest BCUT2D eigenvalue weighted by atomic mass is 9.97. The van der Waals surface area contributed by atoms with Crippen molar-refractivity contribution in [2.45, 2.75) is 44.2 Å². The Morgan fingerprint density at radius 3 is 3.00 bits per heavy atom. The van der Waals surface area contributed by atoms with Crippen molar-refractivity contribution in [3.05, 3.63) is 34.6 Å². The molecule has 0 bridgehead atoms. The largest absolute Gasteiger partial charge is 0.378 e. The number of nitrogens with two attached hydrogens (primary N) is 1. The lowest BCUT2D eigenvalue weighted by Crippen LogP contribution is -2.40. The summed E-state index contributed by atoms with van der Waals surface area (Å²) < 4.78 is 19.5. The third kappa shape index (κ3) is 4.14. The molecule has 5 heteroatoms. The predicted octanol–water partition coefficient (Wildman–Crippen LogP) is 2.81. The van der Waals surface area contributed by atoms with Gasteiger partial charge in [0.25, 0.3) is 0 Å². The summed E-state index contributed by atoms with van der Waals surface area (Å²) in [6.07, 6.45) is 4.90. The Hall–Kier alpha value is -0.680. The Bertz CT molecular complexity index is 410. The molecule has 1 fully saturated rings. The van der Waals surface area contributed by atoms with Gasteiger partial charge >= 0.3 is 0 Å². The van der Waals surface area contributed by atoms with Crippen LogP contribution in [0.2, 0.25) is 5.02 Å². The maximum atomic E-state index is 13.8. The fourth-order valence-corrected chi connectivity index (χ4v) is 2.69. The number of hydrazine groups is 1. The number of hydrogen-bond donors (Lipinski definition) is 2. The van der Waals surface area contributed by atoms with Gasteiger partial charge in [0, 0.05) is 12.6 Å². The van der Waals surface area contributed by atoms with E-state index in [-0.39, 0.29) is 23.0 Å². The average Bonchev–Trinajstić information content (AvgIpc) is 2.44. The van der Waals surface area contributed by atoms with Crippen LogP contribution in [0.5, 0.6) is 0 Å². The van der Waals surface area contributed by atoms with Gasteiger partial charge in [-0.05, 0) is 43.7 Å². The molecule has 106 valence electrons. The van der Waals surface area contributed by atoms with Crippen molar-refractivity contribution in [2.75, 3.05) is 6.61 Å². The molecule has 0 aliphatic carbocycles. The van der Waals surface area contributed by atoms with Gasteiger partial charge in [-0.3, -0.25) is 11.3 Å². The number of hydrogen-bond acceptors (Lipinski definition) is 3. The van der Waals surface area contributed by atoms with Gasteiger partial charge in [0.2, 0.25) is 0 Å². The Balaban J connectivity index is 1.96. The molecule has 0 aromatic heterocycles. The minimum atomic E-state index is -0.353. The van der Waals surface area contributed by atoms with E-state index in [4.69, 9.17) is 22.2 Å². The van der Waals surface area contributed by atoms with Crippen LogP contribution in [0.1, 0.15) is 31.2 Å². The van der Waals surface area contributed by atoms with Crippen molar-refractivity contribution in [3.63, 3.8) is 0 Å². The predicted molar refractivity (Wildman–Crippen MR) is 74.4 cm³/mol. The van der Waals surface area contributed by atoms with Gasteiger partial charge in [-0.2, -0.15) is 0 Å². The van der Waals surface area contributed by atoms with Crippen LogP contribution in [-0.4, -0.2) is 18.8 Å². The molecular weight excluding hydrogens is 267 g/mol. The summed E-state index contributed by atoms with van der Waals surface area (Å²) in [5.74, 6) is 5.21. The molecule has 1 aromatic rings. The summed E-state index contributed by atoms with van der Waals surface area (Å²) in [5, 5.41) is 0.155. The molecule has 3 N–H and O–H groups in total. The Morgan fingerprint density at radius 1 is 1.47 bits per heavy atom. The highest BCUT2D eigenvalue weighted by Crippen LogP contribution is 2.22. The van der Waals surface area contributed by atoms with E-state index in [2.05, 4.69) is 5.43 Å². The molecule has 1 aliphatic rings. The van der Waals surface area contributed by atoms with Crippen LogP contribution in [0.3, 0.4) is 0 Å². The highest BCUT2D eigenvalue weighted by molar-refractivity contribution is 6.30. The van der Waals surface area contributed by atoms with Gasteiger partial charge in [0.1, 0.15) is 5.82 Å². The number of halogens is 2. The standard InChI is InChI=1S/C14H20ClFN2O/c15-13-6-3-4-10(14(13)16)8-11(18-17)9-12-5-1-2-7-19-12/h3-4,6,11-12,18H,1-2,5,7-9,17H2. The van der Waals surface area contributed by atoms with Crippen molar-refractivity contribution in [2.24, 2.45) is 5.84 Å². The molecule has 2 atom stereocenters. The topological polar surface area (TPSA) is 47.3 Å². The van der Waals surface area contributed by atoms with Crippen molar-refractivity contribution in [1.82, 2.24) is 5.43 Å². The summed E-state index contributed by atoms with van der Waals surface area (Å²) in [6, 6.07) is 5.05. The van der Waals surface area contributed by atoms with Crippen molar-refractivity contribution in [3.8, 4) is 0 Å². The SMILES string of the molecule is NNC(Cc1cccc(Cl)c1F)CC1CCCCO1. The van der Waals surface area contributed by atoms with Gasteiger partial charge in [-0.1, -0.05) is 23.7 Å². The van der Waals surface area contributed by atoms with E-state index in [1.54, 1.807) is 18.2 Å². The summed E-state index contributed by atoms with van der Waals surface area (Å²) >= 11 is 5.78. The third-order valence-corrected chi connectivity index (χ3v) is 3.85. The summed E-state index contributed by atoms with van der Waals surface area (Å²) in [5.41, 5.74) is 3.34. The molecule has 0 spiro atoms. The van der Waals surface area contributed by atoms with E-state index in [9.17, 15) is 4.39 Å². The van der Waals surface area contributed by atoms with Gasteiger partial charge in [-0.15, -0.1) is 0 Å². The first-order valence-corrected chi connectivity index (χ1v) is 7.09. The van der Waals surface area contributed by atoms with E-state index in [0.29, 0.717) is 12.0 Å². The van der Waals surface area contributed by atoms with Crippen LogP contribution in [0, 0.1) is 5.82 Å². The number of nitrogens with one attached hydrogen (secondary N) is 1. The molecule has 3 nitrogen and oxygen atoms in total. The molecule has 0 radical (unpaired) electrons. The molecule has 0 saturated carbocycles. The van der Waals surface area contributed by atoms with Gasteiger partial charge in [0.05, 0.1) is 11.1 Å². The van der Waals surface area contributed by atoms with Gasteiger partial charge in [0.15, 0.2) is 0 Å². The van der Waals surface area contributed by atoms with Crippen LogP contribution in [0.4, 0.5) is 4.39 Å². The quantitative estimate of drug-likeness (QED) is 0.646. The second-order valence-corrected chi connectivity index (χ2v) is 5.41. The van der Waals surface area contributed by atoms with Crippen LogP contribution in [-0.2, 0) is 11.2 Å². The van der Waals surface area contributed by atoms with Crippen molar-refractivity contribution in [1.29, 1.82) is 0 Å². The van der Waals surface area contributed by atoms with Crippen LogP contribution in [0.25, 0.3) is 0 Å². The van der Waals surface area contributed by atoms with E-state index in [1.807, 2.05) is 0 Å². The molecule has 19 heavy (non-hydrogen) atoms. The first-order valence-electron chi connectivity index (χ1n) is 6.71. The zero-order chi connectivity index (χ0) is 13.7. The summed E-state index contributed by atoms with van der Waals surface area (Å²) in [4.78, 5) is 0. The van der Waals surface area contributed by atoms with Crippen LogP contribution >= 0.6 is 11.6 Å². The molecule has 1 aliphatic heterocycles.